The molecular formula is C9H13N3O4S. The molecule has 0 unspecified atom stereocenters. The number of hydrogen-bond donors (Lipinski definition) is 2. The second-order valence-electron chi connectivity index (χ2n) is 3.34. The maximum Gasteiger partial charge on any atom is 0.327 e. The minimum atomic E-state index is -1.06. The Bertz CT molecular complexity index is 407. The minimum Gasteiger partial charge on any atom is -0.480 e. The van der Waals surface area contributed by atoms with Gasteiger partial charge < -0.3 is 14.9 Å². The third kappa shape index (κ3) is 4.85. The molecule has 1 aromatic rings. The van der Waals surface area contributed by atoms with Crippen LogP contribution in [0.1, 0.15) is 18.6 Å². The van der Waals surface area contributed by atoms with Crippen molar-refractivity contribution in [3.05, 3.63) is 11.7 Å². The molecule has 0 aromatic carbocycles. The number of thioether (sulfide) groups is 1. The Labute approximate surface area is 102 Å². The average Bonchev–Trinajstić information content (AvgIpc) is 2.62. The van der Waals surface area contributed by atoms with Crippen LogP contribution in [0.3, 0.4) is 0 Å². The topological polar surface area (TPSA) is 105 Å². The zero-order chi connectivity index (χ0) is 12.8. The Kier molecular flexibility index (Phi) is 4.95. The molecule has 0 fully saturated rings. The fraction of sp³-hybridized carbons (Fsp3) is 0.556. The number of carboxylic acid groups (broad SMARTS) is 1. The Balaban J connectivity index is 2.37. The summed E-state index contributed by atoms with van der Waals surface area (Å²) in [4.78, 5) is 25.6. The van der Waals surface area contributed by atoms with Crippen LogP contribution in [-0.2, 0) is 15.3 Å². The number of amides is 1. The molecule has 0 spiro atoms. The second-order valence-corrected chi connectivity index (χ2v) is 4.37. The number of aromatic nitrogens is 2. The van der Waals surface area contributed by atoms with Crippen LogP contribution in [0.5, 0.6) is 0 Å². The summed E-state index contributed by atoms with van der Waals surface area (Å²) in [5.74, 6) is 0.255. The van der Waals surface area contributed by atoms with E-state index in [2.05, 4.69) is 15.5 Å². The summed E-state index contributed by atoms with van der Waals surface area (Å²) < 4.78 is 4.77. The van der Waals surface area contributed by atoms with Crippen LogP contribution >= 0.6 is 11.8 Å². The fourth-order valence-electron chi connectivity index (χ4n) is 1.09. The molecule has 8 heteroatoms. The summed E-state index contributed by atoms with van der Waals surface area (Å²) in [6.07, 6.45) is 0. The van der Waals surface area contributed by atoms with Crippen molar-refractivity contribution in [2.75, 3.05) is 5.75 Å². The molecule has 0 aliphatic carbocycles. The van der Waals surface area contributed by atoms with E-state index >= 15 is 0 Å². The van der Waals surface area contributed by atoms with E-state index in [1.54, 1.807) is 6.92 Å². The Morgan fingerprint density at radius 3 is 2.76 bits per heavy atom. The van der Waals surface area contributed by atoms with Crippen molar-refractivity contribution in [2.45, 2.75) is 25.6 Å². The highest BCUT2D eigenvalue weighted by Gasteiger charge is 2.18. The van der Waals surface area contributed by atoms with Crippen LogP contribution in [0, 0.1) is 6.92 Å². The van der Waals surface area contributed by atoms with E-state index in [4.69, 9.17) is 9.63 Å². The maximum atomic E-state index is 10.8. The van der Waals surface area contributed by atoms with Crippen LogP contribution in [0.2, 0.25) is 0 Å². The predicted molar refractivity (Wildman–Crippen MR) is 60.4 cm³/mol. The minimum absolute atomic E-state index is 0.252. The third-order valence-electron chi connectivity index (χ3n) is 1.76. The standard InChI is InChI=1S/C9H13N3O4S/c1-5(13)10-7(9(14)15)3-17-4-8-11-6(2)16-12-8/h7H,3-4H2,1-2H3,(H,10,13)(H,14,15)/t7-/m0/s1. The van der Waals surface area contributed by atoms with Gasteiger partial charge in [-0.15, -0.1) is 0 Å². The number of hydrogen-bond acceptors (Lipinski definition) is 6. The van der Waals surface area contributed by atoms with E-state index in [1.165, 1.54) is 18.7 Å². The van der Waals surface area contributed by atoms with Crippen LogP contribution in [0.15, 0.2) is 4.52 Å². The molecule has 1 aromatic heterocycles. The van der Waals surface area contributed by atoms with Crippen LogP contribution in [0.4, 0.5) is 0 Å². The maximum absolute atomic E-state index is 10.8. The van der Waals surface area contributed by atoms with E-state index < -0.39 is 12.0 Å². The van der Waals surface area contributed by atoms with Gasteiger partial charge in [0.25, 0.3) is 0 Å². The normalized spacial score (nSPS) is 12.1. The summed E-state index contributed by atoms with van der Waals surface area (Å²) in [5, 5.41) is 14.9. The molecule has 1 atom stereocenters. The molecular weight excluding hydrogens is 246 g/mol. The van der Waals surface area contributed by atoms with Gasteiger partial charge in [-0.3, -0.25) is 4.79 Å². The van der Waals surface area contributed by atoms with Gasteiger partial charge in [-0.1, -0.05) is 5.16 Å². The SMILES string of the molecule is CC(=O)N[C@@H](CSCc1noc(C)n1)C(=O)O. The number of nitrogens with zero attached hydrogens (tertiary/aromatic N) is 2. The average molecular weight is 259 g/mol. The van der Waals surface area contributed by atoms with Crippen molar-refractivity contribution < 1.29 is 19.2 Å². The lowest BCUT2D eigenvalue weighted by molar-refractivity contribution is -0.140. The lowest BCUT2D eigenvalue weighted by Crippen LogP contribution is -2.41. The Hall–Kier alpha value is -1.57. The van der Waals surface area contributed by atoms with E-state index in [-0.39, 0.29) is 11.7 Å². The number of carbonyl (C=O) groups excluding carboxylic acids is 1. The lowest BCUT2D eigenvalue weighted by atomic mass is 10.3. The zero-order valence-corrected chi connectivity index (χ0v) is 10.3. The molecule has 17 heavy (non-hydrogen) atoms. The highest BCUT2D eigenvalue weighted by atomic mass is 32.2. The van der Waals surface area contributed by atoms with Gasteiger partial charge in [0.05, 0.1) is 5.75 Å². The van der Waals surface area contributed by atoms with Gasteiger partial charge in [-0.2, -0.15) is 16.7 Å². The quantitative estimate of drug-likeness (QED) is 0.751. The number of nitrogens with one attached hydrogen (secondary N) is 1. The van der Waals surface area contributed by atoms with Gasteiger partial charge in [-0.25, -0.2) is 4.79 Å². The summed E-state index contributed by atoms with van der Waals surface area (Å²) in [7, 11) is 0. The van der Waals surface area contributed by atoms with Crippen molar-refractivity contribution in [3.63, 3.8) is 0 Å². The molecule has 2 N–H and O–H groups in total. The first-order valence-electron chi connectivity index (χ1n) is 4.86. The van der Waals surface area contributed by atoms with Crippen LogP contribution in [-0.4, -0.2) is 38.9 Å². The molecule has 1 heterocycles. The third-order valence-corrected chi connectivity index (χ3v) is 2.79. The molecule has 7 nitrogen and oxygen atoms in total. The molecule has 1 rings (SSSR count). The number of carboxylic acids is 1. The summed E-state index contributed by atoms with van der Waals surface area (Å²) >= 11 is 1.32. The number of aliphatic carboxylic acids is 1. The van der Waals surface area contributed by atoms with Gasteiger partial charge >= 0.3 is 5.97 Å². The highest BCUT2D eigenvalue weighted by molar-refractivity contribution is 7.98. The van der Waals surface area contributed by atoms with E-state index in [0.717, 1.165) is 0 Å². The molecule has 94 valence electrons. The lowest BCUT2D eigenvalue weighted by Gasteiger charge is -2.11. The van der Waals surface area contributed by atoms with E-state index in [0.29, 0.717) is 17.5 Å². The smallest absolute Gasteiger partial charge is 0.327 e. The Morgan fingerprint density at radius 2 is 2.29 bits per heavy atom. The van der Waals surface area contributed by atoms with Crippen molar-refractivity contribution in [3.8, 4) is 0 Å². The molecule has 0 aliphatic heterocycles. The predicted octanol–water partition coefficient (Wildman–Crippen LogP) is 0.201. The number of rotatable bonds is 6. The van der Waals surface area contributed by atoms with Gasteiger partial charge in [0.1, 0.15) is 6.04 Å². The molecule has 0 radical (unpaired) electrons. The number of aryl methyl sites for hydroxylation is 1. The first kappa shape index (κ1) is 13.5. The van der Waals surface area contributed by atoms with Crippen molar-refractivity contribution >= 4 is 23.6 Å². The first-order chi connectivity index (χ1) is 7.99. The van der Waals surface area contributed by atoms with Crippen molar-refractivity contribution in [2.24, 2.45) is 0 Å². The molecule has 0 bridgehead atoms. The summed E-state index contributed by atoms with van der Waals surface area (Å²) in [6.45, 7) is 2.96. The molecule has 0 aliphatic rings. The van der Waals surface area contributed by atoms with Crippen LogP contribution in [0.25, 0.3) is 0 Å². The van der Waals surface area contributed by atoms with E-state index in [9.17, 15) is 9.59 Å². The zero-order valence-electron chi connectivity index (χ0n) is 9.47. The molecule has 0 saturated carbocycles. The second kappa shape index (κ2) is 6.24. The molecule has 0 saturated heterocycles. The summed E-state index contributed by atoms with van der Waals surface area (Å²) in [5.41, 5.74) is 0. The summed E-state index contributed by atoms with van der Waals surface area (Å²) in [6, 6.07) is -0.898. The van der Waals surface area contributed by atoms with E-state index in [1.807, 2.05) is 0 Å². The van der Waals surface area contributed by atoms with Gasteiger partial charge in [0.15, 0.2) is 5.82 Å². The largest absolute Gasteiger partial charge is 0.480 e. The number of carbonyl (C=O) groups is 2. The molecule has 1 amide bonds. The van der Waals surface area contributed by atoms with Crippen molar-refractivity contribution in [1.29, 1.82) is 0 Å². The highest BCUT2D eigenvalue weighted by Crippen LogP contribution is 2.10. The van der Waals surface area contributed by atoms with Gasteiger partial charge in [0.2, 0.25) is 11.8 Å². The van der Waals surface area contributed by atoms with Gasteiger partial charge in [0, 0.05) is 19.6 Å². The fourth-order valence-corrected chi connectivity index (χ4v) is 1.97. The van der Waals surface area contributed by atoms with Gasteiger partial charge in [-0.05, 0) is 0 Å². The van der Waals surface area contributed by atoms with Crippen LogP contribution < -0.4 is 5.32 Å². The Morgan fingerprint density at radius 1 is 1.59 bits per heavy atom. The monoisotopic (exact) mass is 259 g/mol. The van der Waals surface area contributed by atoms with Crippen molar-refractivity contribution in [1.82, 2.24) is 15.5 Å². The first-order valence-corrected chi connectivity index (χ1v) is 6.01.